The van der Waals surface area contributed by atoms with Crippen molar-refractivity contribution in [2.75, 3.05) is 52.5 Å². The quantitative estimate of drug-likeness (QED) is 0.514. The first-order valence-electron chi connectivity index (χ1n) is 10.1. The van der Waals surface area contributed by atoms with Gasteiger partial charge in [-0.25, -0.2) is 13.1 Å². The van der Waals surface area contributed by atoms with Crippen LogP contribution in [0.4, 0.5) is 0 Å². The zero-order valence-electron chi connectivity index (χ0n) is 17.6. The smallest absolute Gasteiger partial charge is 0.257 e. The molecule has 0 atom stereocenters. The lowest BCUT2D eigenvalue weighted by Crippen LogP contribution is -2.38. The van der Waals surface area contributed by atoms with Crippen molar-refractivity contribution in [2.24, 2.45) is 5.92 Å². The molecule has 2 rings (SSSR count). The van der Waals surface area contributed by atoms with Crippen LogP contribution in [0.5, 0.6) is 5.75 Å². The molecule has 1 aromatic rings. The minimum Gasteiger partial charge on any atom is -0.484 e. The number of aryl methyl sites for hydroxylation is 1. The van der Waals surface area contributed by atoms with Crippen molar-refractivity contribution >= 4 is 15.9 Å². The van der Waals surface area contributed by atoms with Crippen molar-refractivity contribution in [1.82, 2.24) is 14.9 Å². The molecule has 29 heavy (non-hydrogen) atoms. The van der Waals surface area contributed by atoms with Gasteiger partial charge in [-0.15, -0.1) is 0 Å². The van der Waals surface area contributed by atoms with Crippen molar-refractivity contribution in [3.8, 4) is 5.75 Å². The Balaban J connectivity index is 1.74. The molecule has 0 unspecified atom stereocenters. The maximum atomic E-state index is 12.3. The Morgan fingerprint density at radius 1 is 1.28 bits per heavy atom. The number of nitrogens with zero attached hydrogens (tertiary/aromatic N) is 1. The van der Waals surface area contributed by atoms with Gasteiger partial charge >= 0.3 is 0 Å². The summed E-state index contributed by atoms with van der Waals surface area (Å²) in [7, 11) is -3.55. The van der Waals surface area contributed by atoms with Crippen molar-refractivity contribution in [3.05, 3.63) is 23.8 Å². The van der Waals surface area contributed by atoms with Gasteiger partial charge in [0.15, 0.2) is 6.61 Å². The van der Waals surface area contributed by atoms with Crippen LogP contribution in [0.2, 0.25) is 0 Å². The number of rotatable bonds is 11. The maximum Gasteiger partial charge on any atom is 0.257 e. The summed E-state index contributed by atoms with van der Waals surface area (Å²) >= 11 is 0. The fourth-order valence-electron chi connectivity index (χ4n) is 2.86. The van der Waals surface area contributed by atoms with Gasteiger partial charge in [-0.2, -0.15) is 0 Å². The number of benzene rings is 1. The van der Waals surface area contributed by atoms with Crippen molar-refractivity contribution in [3.63, 3.8) is 0 Å². The van der Waals surface area contributed by atoms with E-state index in [0.717, 1.165) is 39.3 Å². The zero-order chi connectivity index (χ0) is 21.3. The molecule has 0 radical (unpaired) electrons. The molecule has 0 bridgehead atoms. The number of morpholine rings is 1. The van der Waals surface area contributed by atoms with Gasteiger partial charge in [0.05, 0.1) is 18.1 Å². The molecule has 1 amide bonds. The fourth-order valence-corrected chi connectivity index (χ4v) is 4.16. The summed E-state index contributed by atoms with van der Waals surface area (Å²) < 4.78 is 38.1. The molecule has 1 aromatic carbocycles. The van der Waals surface area contributed by atoms with Gasteiger partial charge in [-0.3, -0.25) is 9.69 Å². The first kappa shape index (κ1) is 23.6. The Labute approximate surface area is 174 Å². The molecule has 0 spiro atoms. The summed E-state index contributed by atoms with van der Waals surface area (Å²) in [4.78, 5) is 14.5. The fraction of sp³-hybridized carbons (Fsp3) is 0.650. The van der Waals surface area contributed by atoms with E-state index < -0.39 is 10.0 Å². The number of nitrogens with one attached hydrogen (secondary N) is 2. The molecule has 0 saturated carbocycles. The number of hydrogen-bond donors (Lipinski definition) is 2. The second-order valence-electron chi connectivity index (χ2n) is 7.62. The van der Waals surface area contributed by atoms with Crippen LogP contribution < -0.4 is 14.8 Å². The number of carbonyl (C=O) groups excluding carboxylic acids is 1. The van der Waals surface area contributed by atoms with E-state index in [4.69, 9.17) is 9.47 Å². The molecule has 2 N–H and O–H groups in total. The number of carbonyl (C=O) groups is 1. The molecule has 0 aliphatic carbocycles. The topological polar surface area (TPSA) is 97.0 Å². The minimum absolute atomic E-state index is 0.101. The Bertz CT molecular complexity index is 761. The summed E-state index contributed by atoms with van der Waals surface area (Å²) in [5, 5.41) is 2.85. The number of ether oxygens (including phenoxy) is 2. The van der Waals surface area contributed by atoms with Gasteiger partial charge in [0.25, 0.3) is 5.91 Å². The lowest BCUT2D eigenvalue weighted by atomic mass is 10.2. The van der Waals surface area contributed by atoms with Gasteiger partial charge in [0.2, 0.25) is 10.0 Å². The Morgan fingerprint density at radius 2 is 2.00 bits per heavy atom. The molecule has 1 heterocycles. The highest BCUT2D eigenvalue weighted by atomic mass is 32.2. The molecule has 1 fully saturated rings. The average molecular weight is 428 g/mol. The zero-order valence-corrected chi connectivity index (χ0v) is 18.4. The normalized spacial score (nSPS) is 15.4. The second-order valence-corrected chi connectivity index (χ2v) is 9.39. The summed E-state index contributed by atoms with van der Waals surface area (Å²) in [6.07, 6.45) is 0.876. The largest absolute Gasteiger partial charge is 0.484 e. The molecule has 1 aliphatic rings. The van der Waals surface area contributed by atoms with Crippen LogP contribution in [0.1, 0.15) is 25.8 Å². The third kappa shape index (κ3) is 8.30. The minimum atomic E-state index is -3.55. The SMILES string of the molecule is Cc1cc(S(=O)(=O)NCC(C)C)ccc1OCC(=O)NCCCN1CCOCC1. The van der Waals surface area contributed by atoms with Gasteiger partial charge in [0.1, 0.15) is 5.75 Å². The van der Waals surface area contributed by atoms with E-state index in [0.29, 0.717) is 24.4 Å². The van der Waals surface area contributed by atoms with Crippen molar-refractivity contribution < 1.29 is 22.7 Å². The first-order valence-corrected chi connectivity index (χ1v) is 11.6. The van der Waals surface area contributed by atoms with Crippen LogP contribution in [0.3, 0.4) is 0 Å². The van der Waals surface area contributed by atoms with E-state index in [2.05, 4.69) is 14.9 Å². The standard InChI is InChI=1S/C20H33N3O5S/c1-16(2)14-22-29(25,26)18-5-6-19(17(3)13-18)28-15-20(24)21-7-4-8-23-9-11-27-12-10-23/h5-6,13,16,22H,4,7-12,14-15H2,1-3H3,(H,21,24). The maximum absolute atomic E-state index is 12.3. The molecule has 8 nitrogen and oxygen atoms in total. The summed E-state index contributed by atoms with van der Waals surface area (Å²) in [5.74, 6) is 0.527. The Hall–Kier alpha value is -1.68. The molecule has 1 saturated heterocycles. The third-order valence-electron chi connectivity index (χ3n) is 4.57. The van der Waals surface area contributed by atoms with Gasteiger partial charge in [-0.05, 0) is 49.6 Å². The monoisotopic (exact) mass is 427 g/mol. The molecule has 164 valence electrons. The number of amides is 1. The molecule has 1 aliphatic heterocycles. The van der Waals surface area contributed by atoms with E-state index in [1.807, 2.05) is 13.8 Å². The lowest BCUT2D eigenvalue weighted by Gasteiger charge is -2.26. The molecule has 0 aromatic heterocycles. The van der Waals surface area contributed by atoms with Gasteiger partial charge in [-0.1, -0.05) is 13.8 Å². The van der Waals surface area contributed by atoms with Crippen LogP contribution in [-0.2, 0) is 19.6 Å². The number of hydrogen-bond acceptors (Lipinski definition) is 6. The van der Waals surface area contributed by atoms with E-state index in [1.165, 1.54) is 6.07 Å². The van der Waals surface area contributed by atoms with Gasteiger partial charge < -0.3 is 14.8 Å². The Morgan fingerprint density at radius 3 is 2.66 bits per heavy atom. The summed E-state index contributed by atoms with van der Waals surface area (Å²) in [5.41, 5.74) is 0.664. The molecule has 9 heteroatoms. The molecular weight excluding hydrogens is 394 g/mol. The second kappa shape index (κ2) is 11.5. The Kier molecular flexibility index (Phi) is 9.35. The van der Waals surface area contributed by atoms with Gasteiger partial charge in [0, 0.05) is 26.2 Å². The van der Waals surface area contributed by atoms with E-state index in [-0.39, 0.29) is 23.3 Å². The summed E-state index contributed by atoms with van der Waals surface area (Å²) in [6, 6.07) is 4.63. The third-order valence-corrected chi connectivity index (χ3v) is 6.00. The highest BCUT2D eigenvalue weighted by Crippen LogP contribution is 2.21. The van der Waals surface area contributed by atoms with Crippen LogP contribution >= 0.6 is 0 Å². The van der Waals surface area contributed by atoms with Crippen molar-refractivity contribution in [2.45, 2.75) is 32.1 Å². The molecular formula is C20H33N3O5S. The van der Waals surface area contributed by atoms with Crippen LogP contribution in [0.25, 0.3) is 0 Å². The predicted octanol–water partition coefficient (Wildman–Crippen LogP) is 1.15. The predicted molar refractivity (Wildman–Crippen MR) is 112 cm³/mol. The van der Waals surface area contributed by atoms with E-state index >= 15 is 0 Å². The van der Waals surface area contributed by atoms with Crippen molar-refractivity contribution in [1.29, 1.82) is 0 Å². The first-order chi connectivity index (χ1) is 13.8. The highest BCUT2D eigenvalue weighted by Gasteiger charge is 2.16. The summed E-state index contributed by atoms with van der Waals surface area (Å²) in [6.45, 7) is 10.9. The van der Waals surface area contributed by atoms with E-state index in [1.54, 1.807) is 19.1 Å². The highest BCUT2D eigenvalue weighted by molar-refractivity contribution is 7.89. The lowest BCUT2D eigenvalue weighted by molar-refractivity contribution is -0.123. The van der Waals surface area contributed by atoms with Crippen LogP contribution in [-0.4, -0.2) is 71.8 Å². The number of sulfonamides is 1. The van der Waals surface area contributed by atoms with Crippen LogP contribution in [0.15, 0.2) is 23.1 Å². The average Bonchev–Trinajstić information content (AvgIpc) is 2.69. The van der Waals surface area contributed by atoms with Crippen LogP contribution in [0, 0.1) is 12.8 Å². The van der Waals surface area contributed by atoms with E-state index in [9.17, 15) is 13.2 Å².